The van der Waals surface area contributed by atoms with E-state index in [1.54, 1.807) is 37.4 Å². The number of rotatable bonds is 6. The number of methoxy groups -OCH3 is 2. The van der Waals surface area contributed by atoms with Gasteiger partial charge in [-0.2, -0.15) is 9.97 Å². The molecule has 0 aliphatic rings. The minimum atomic E-state index is -0.211. The van der Waals surface area contributed by atoms with Crippen molar-refractivity contribution in [2.45, 2.75) is 0 Å². The number of anilines is 2. The molecule has 0 atom stereocenters. The number of aromatic amines is 1. The third kappa shape index (κ3) is 3.80. The Morgan fingerprint density at radius 1 is 1.06 bits per heavy atom. The lowest BCUT2D eigenvalue weighted by atomic mass is 10.1. The lowest BCUT2D eigenvalue weighted by molar-refractivity contribution is 0.0963. The van der Waals surface area contributed by atoms with Gasteiger partial charge in [0, 0.05) is 24.4 Å². The van der Waals surface area contributed by atoms with Gasteiger partial charge in [-0.3, -0.25) is 4.79 Å². The second-order valence-electron chi connectivity index (χ2n) is 6.65. The van der Waals surface area contributed by atoms with Gasteiger partial charge in [0.25, 0.3) is 5.91 Å². The van der Waals surface area contributed by atoms with E-state index in [9.17, 15) is 9.90 Å². The molecule has 0 fully saturated rings. The molecule has 0 aliphatic heterocycles. The van der Waals surface area contributed by atoms with Crippen LogP contribution in [0.4, 0.5) is 11.6 Å². The number of H-pyrrole nitrogens is 1. The first kappa shape index (κ1) is 20.0. The minimum absolute atomic E-state index is 0.190. The van der Waals surface area contributed by atoms with Gasteiger partial charge in [-0.25, -0.2) is 0 Å². The quantitative estimate of drug-likeness (QED) is 0.378. The van der Waals surface area contributed by atoms with Crippen LogP contribution in [0.25, 0.3) is 22.2 Å². The Kier molecular flexibility index (Phi) is 5.31. The normalized spacial score (nSPS) is 10.7. The van der Waals surface area contributed by atoms with E-state index in [0.29, 0.717) is 34.5 Å². The van der Waals surface area contributed by atoms with Gasteiger partial charge < -0.3 is 30.2 Å². The summed E-state index contributed by atoms with van der Waals surface area (Å²) in [5.41, 5.74) is 3.39. The second kappa shape index (κ2) is 8.23. The van der Waals surface area contributed by atoms with E-state index in [1.807, 2.05) is 18.3 Å². The van der Waals surface area contributed by atoms with Crippen LogP contribution in [-0.2, 0) is 0 Å². The van der Waals surface area contributed by atoms with Crippen LogP contribution in [0.3, 0.4) is 0 Å². The van der Waals surface area contributed by atoms with Gasteiger partial charge in [0.05, 0.1) is 25.3 Å². The second-order valence-corrected chi connectivity index (χ2v) is 6.65. The summed E-state index contributed by atoms with van der Waals surface area (Å²) < 4.78 is 10.9. The molecule has 2 aromatic carbocycles. The van der Waals surface area contributed by atoms with E-state index in [4.69, 9.17) is 9.47 Å². The number of phenolic OH excluding ortho intramolecular Hbond substituents is 1. The molecule has 0 unspecified atom stereocenters. The number of fused-ring (bicyclic) bond motifs is 1. The molecular weight excluding hydrogens is 398 g/mol. The lowest BCUT2D eigenvalue weighted by Crippen LogP contribution is -2.17. The van der Waals surface area contributed by atoms with Crippen LogP contribution in [0.15, 0.2) is 48.7 Å². The van der Waals surface area contributed by atoms with Crippen molar-refractivity contribution in [1.29, 1.82) is 0 Å². The van der Waals surface area contributed by atoms with Gasteiger partial charge in [-0.05, 0) is 35.9 Å². The molecule has 0 bridgehead atoms. The highest BCUT2D eigenvalue weighted by Gasteiger charge is 2.17. The summed E-state index contributed by atoms with van der Waals surface area (Å²) in [6.07, 6.45) is 1.82. The molecule has 0 spiro atoms. The number of nitrogens with zero attached hydrogens (tertiary/aromatic N) is 2. The van der Waals surface area contributed by atoms with E-state index in [2.05, 4.69) is 25.6 Å². The number of hydrogen-bond acceptors (Lipinski definition) is 7. The van der Waals surface area contributed by atoms with Gasteiger partial charge in [-0.1, -0.05) is 12.1 Å². The Labute approximate surface area is 178 Å². The molecule has 1 amide bonds. The molecule has 4 N–H and O–H groups in total. The molecule has 0 aliphatic carbocycles. The standard InChI is InChI=1S/C22H21N5O4/c1-23-20(29)13-6-9-16(17(10-13)30-2)25-22-26-19-18(21(27-22)31-3)15(11-24-19)12-4-7-14(28)8-5-12/h4-11,28H,1-3H3,(H,23,29)(H2,24,25,26,27). The maximum absolute atomic E-state index is 11.9. The average Bonchev–Trinajstić information content (AvgIpc) is 3.22. The molecule has 2 aromatic heterocycles. The summed E-state index contributed by atoms with van der Waals surface area (Å²) in [6, 6.07) is 11.9. The third-order valence-corrected chi connectivity index (χ3v) is 4.81. The molecule has 0 saturated carbocycles. The number of carbonyl (C=O) groups excluding carboxylic acids is 1. The Hall–Kier alpha value is -4.27. The van der Waals surface area contributed by atoms with Gasteiger partial charge in [-0.15, -0.1) is 0 Å². The zero-order chi connectivity index (χ0) is 22.0. The summed E-state index contributed by atoms with van der Waals surface area (Å²) in [7, 11) is 4.63. The first-order valence-corrected chi connectivity index (χ1v) is 9.43. The Balaban J connectivity index is 1.73. The highest BCUT2D eigenvalue weighted by atomic mass is 16.5. The van der Waals surface area contributed by atoms with Crippen LogP contribution < -0.4 is 20.1 Å². The molecule has 0 saturated heterocycles. The summed E-state index contributed by atoms with van der Waals surface area (Å²) in [5, 5.41) is 16.0. The summed E-state index contributed by atoms with van der Waals surface area (Å²) in [5.74, 6) is 1.14. The number of aromatic hydroxyl groups is 1. The summed E-state index contributed by atoms with van der Waals surface area (Å²) in [4.78, 5) is 24.1. The third-order valence-electron chi connectivity index (χ3n) is 4.81. The highest BCUT2D eigenvalue weighted by molar-refractivity contribution is 5.98. The van der Waals surface area contributed by atoms with E-state index in [-0.39, 0.29) is 11.7 Å². The molecule has 9 nitrogen and oxygen atoms in total. The molecule has 4 aromatic rings. The van der Waals surface area contributed by atoms with Crippen molar-refractivity contribution in [3.8, 4) is 28.5 Å². The molecule has 2 heterocycles. The predicted octanol–water partition coefficient (Wildman–Crippen LogP) is 3.45. The number of phenols is 1. The predicted molar refractivity (Wildman–Crippen MR) is 117 cm³/mol. The van der Waals surface area contributed by atoms with E-state index in [0.717, 1.165) is 16.5 Å². The monoisotopic (exact) mass is 419 g/mol. The number of carbonyl (C=O) groups is 1. The Morgan fingerprint density at radius 3 is 2.52 bits per heavy atom. The van der Waals surface area contributed by atoms with Crippen molar-refractivity contribution in [3.05, 3.63) is 54.2 Å². The van der Waals surface area contributed by atoms with Crippen molar-refractivity contribution in [3.63, 3.8) is 0 Å². The van der Waals surface area contributed by atoms with Crippen LogP contribution >= 0.6 is 0 Å². The van der Waals surface area contributed by atoms with Crippen molar-refractivity contribution in [2.75, 3.05) is 26.6 Å². The Morgan fingerprint density at radius 2 is 1.84 bits per heavy atom. The number of hydrogen-bond donors (Lipinski definition) is 4. The lowest BCUT2D eigenvalue weighted by Gasteiger charge is -2.12. The average molecular weight is 419 g/mol. The number of benzene rings is 2. The topological polar surface area (TPSA) is 121 Å². The van der Waals surface area contributed by atoms with Crippen LogP contribution in [0.2, 0.25) is 0 Å². The first-order chi connectivity index (χ1) is 15.0. The molecule has 158 valence electrons. The molecule has 9 heteroatoms. The fourth-order valence-corrected chi connectivity index (χ4v) is 3.27. The van der Waals surface area contributed by atoms with E-state index < -0.39 is 0 Å². The van der Waals surface area contributed by atoms with Gasteiger partial charge in [0.1, 0.15) is 17.1 Å². The fraction of sp³-hybridized carbons (Fsp3) is 0.136. The van der Waals surface area contributed by atoms with E-state index >= 15 is 0 Å². The van der Waals surface area contributed by atoms with Crippen molar-refractivity contribution in [1.82, 2.24) is 20.3 Å². The molecule has 31 heavy (non-hydrogen) atoms. The number of aromatic nitrogens is 3. The Bertz CT molecular complexity index is 1250. The number of nitrogens with one attached hydrogen (secondary N) is 3. The van der Waals surface area contributed by atoms with Crippen molar-refractivity contribution >= 4 is 28.6 Å². The zero-order valence-corrected chi connectivity index (χ0v) is 17.2. The number of amides is 1. The van der Waals surface area contributed by atoms with E-state index in [1.165, 1.54) is 14.2 Å². The van der Waals surface area contributed by atoms with Gasteiger partial charge in [0.15, 0.2) is 0 Å². The van der Waals surface area contributed by atoms with Gasteiger partial charge in [0.2, 0.25) is 11.8 Å². The maximum Gasteiger partial charge on any atom is 0.251 e. The SMILES string of the molecule is CNC(=O)c1ccc(Nc2nc(OC)c3c(-c4ccc(O)cc4)c[nH]c3n2)c(OC)c1. The first-order valence-electron chi connectivity index (χ1n) is 9.43. The summed E-state index contributed by atoms with van der Waals surface area (Å²) >= 11 is 0. The van der Waals surface area contributed by atoms with Crippen LogP contribution in [0.1, 0.15) is 10.4 Å². The van der Waals surface area contributed by atoms with Crippen LogP contribution in [-0.4, -0.2) is 47.2 Å². The van der Waals surface area contributed by atoms with Gasteiger partial charge >= 0.3 is 0 Å². The molecule has 0 radical (unpaired) electrons. The number of ether oxygens (including phenoxy) is 2. The molecular formula is C22H21N5O4. The largest absolute Gasteiger partial charge is 0.508 e. The summed E-state index contributed by atoms with van der Waals surface area (Å²) in [6.45, 7) is 0. The van der Waals surface area contributed by atoms with Crippen molar-refractivity contribution < 1.29 is 19.4 Å². The van der Waals surface area contributed by atoms with Crippen molar-refractivity contribution in [2.24, 2.45) is 0 Å². The smallest absolute Gasteiger partial charge is 0.251 e. The van der Waals surface area contributed by atoms with Crippen LogP contribution in [0.5, 0.6) is 17.4 Å². The molecule has 4 rings (SSSR count). The minimum Gasteiger partial charge on any atom is -0.508 e. The maximum atomic E-state index is 11.9. The van der Waals surface area contributed by atoms with Crippen LogP contribution in [0, 0.1) is 0 Å². The fourth-order valence-electron chi connectivity index (χ4n) is 3.27. The zero-order valence-electron chi connectivity index (χ0n) is 17.2. The highest BCUT2D eigenvalue weighted by Crippen LogP contribution is 2.36.